The number of aromatic amines is 2. The van der Waals surface area contributed by atoms with Crippen LogP contribution >= 0.6 is 0 Å². The van der Waals surface area contributed by atoms with Gasteiger partial charge >= 0.3 is 5.76 Å². The van der Waals surface area contributed by atoms with E-state index in [4.69, 9.17) is 0 Å². The SMILES string of the molecule is CC(C)C(Cc1noc(=O)[nH]1)c1ccc(-c2ccc3cccc(F)c3c2)[nH]c1=O. The quantitative estimate of drug-likeness (QED) is 0.536. The molecule has 0 aliphatic rings. The van der Waals surface area contributed by atoms with E-state index in [0.29, 0.717) is 28.9 Å². The molecule has 1 atom stereocenters. The van der Waals surface area contributed by atoms with Gasteiger partial charge in [0, 0.05) is 23.1 Å². The molecule has 1 unspecified atom stereocenters. The van der Waals surface area contributed by atoms with Crippen LogP contribution in [0.5, 0.6) is 0 Å². The van der Waals surface area contributed by atoms with Gasteiger partial charge in [-0.15, -0.1) is 0 Å². The van der Waals surface area contributed by atoms with Gasteiger partial charge in [-0.05, 0) is 41.0 Å². The summed E-state index contributed by atoms with van der Waals surface area (Å²) in [4.78, 5) is 29.5. The first-order chi connectivity index (χ1) is 13.9. The summed E-state index contributed by atoms with van der Waals surface area (Å²) in [6, 6.07) is 13.9. The molecule has 0 spiro atoms. The minimum atomic E-state index is -0.615. The lowest BCUT2D eigenvalue weighted by atomic mass is 9.86. The number of benzene rings is 2. The summed E-state index contributed by atoms with van der Waals surface area (Å²) >= 11 is 0. The predicted octanol–water partition coefficient (Wildman–Crippen LogP) is 3.99. The van der Waals surface area contributed by atoms with E-state index in [2.05, 4.69) is 19.6 Å². The van der Waals surface area contributed by atoms with Crippen LogP contribution in [-0.4, -0.2) is 15.1 Å². The standard InChI is InChI=1S/C22H20FN3O3/c1-12(2)16(11-20-25-22(28)29-26-20)15-8-9-19(24-21(15)27)14-7-6-13-4-3-5-18(23)17(13)10-14/h3-10,12,16H,11H2,1-2H3,(H,24,27)(H,25,26,28). The van der Waals surface area contributed by atoms with Crippen molar-refractivity contribution in [3.8, 4) is 11.3 Å². The van der Waals surface area contributed by atoms with Crippen molar-refractivity contribution in [3.05, 3.63) is 86.6 Å². The zero-order valence-electron chi connectivity index (χ0n) is 16.0. The minimum Gasteiger partial charge on any atom is -0.322 e. The molecule has 0 saturated carbocycles. The number of rotatable bonds is 5. The van der Waals surface area contributed by atoms with Gasteiger partial charge in [-0.2, -0.15) is 0 Å². The third-order valence-corrected chi connectivity index (χ3v) is 5.18. The Morgan fingerprint density at radius 2 is 1.90 bits per heavy atom. The molecule has 7 heteroatoms. The van der Waals surface area contributed by atoms with Crippen LogP contribution in [0.3, 0.4) is 0 Å². The molecule has 0 saturated heterocycles. The van der Waals surface area contributed by atoms with Crippen molar-refractivity contribution in [2.45, 2.75) is 26.2 Å². The van der Waals surface area contributed by atoms with Crippen LogP contribution in [0.2, 0.25) is 0 Å². The first-order valence-electron chi connectivity index (χ1n) is 9.39. The molecule has 2 N–H and O–H groups in total. The van der Waals surface area contributed by atoms with Gasteiger partial charge in [0.05, 0.1) is 0 Å². The van der Waals surface area contributed by atoms with Crippen molar-refractivity contribution in [1.82, 2.24) is 15.1 Å². The number of halogens is 1. The van der Waals surface area contributed by atoms with Crippen molar-refractivity contribution < 1.29 is 8.91 Å². The second-order valence-electron chi connectivity index (χ2n) is 7.43. The number of H-pyrrole nitrogens is 2. The molecule has 2 aromatic heterocycles. The fourth-order valence-electron chi connectivity index (χ4n) is 3.61. The van der Waals surface area contributed by atoms with Crippen molar-refractivity contribution >= 4 is 10.8 Å². The fourth-order valence-corrected chi connectivity index (χ4v) is 3.61. The zero-order chi connectivity index (χ0) is 20.5. The van der Waals surface area contributed by atoms with Gasteiger partial charge in [0.25, 0.3) is 5.56 Å². The minimum absolute atomic E-state index is 0.136. The molecule has 2 heterocycles. The summed E-state index contributed by atoms with van der Waals surface area (Å²) < 4.78 is 18.7. The van der Waals surface area contributed by atoms with Gasteiger partial charge in [-0.25, -0.2) is 9.18 Å². The van der Waals surface area contributed by atoms with Crippen LogP contribution in [0, 0.1) is 11.7 Å². The normalized spacial score (nSPS) is 12.6. The first-order valence-corrected chi connectivity index (χ1v) is 9.39. The molecule has 4 rings (SSSR count). The van der Waals surface area contributed by atoms with Crippen molar-refractivity contribution in [2.24, 2.45) is 5.92 Å². The average Bonchev–Trinajstić information content (AvgIpc) is 3.11. The highest BCUT2D eigenvalue weighted by molar-refractivity contribution is 5.87. The third kappa shape index (κ3) is 3.76. The van der Waals surface area contributed by atoms with Crippen LogP contribution in [0.25, 0.3) is 22.0 Å². The number of hydrogen-bond donors (Lipinski definition) is 2. The highest BCUT2D eigenvalue weighted by Gasteiger charge is 2.22. The zero-order valence-corrected chi connectivity index (χ0v) is 16.0. The molecule has 0 fully saturated rings. The van der Waals surface area contributed by atoms with Gasteiger partial charge in [-0.1, -0.05) is 49.3 Å². The lowest BCUT2D eigenvalue weighted by Crippen LogP contribution is -2.22. The van der Waals surface area contributed by atoms with E-state index in [1.54, 1.807) is 18.2 Å². The Morgan fingerprint density at radius 3 is 2.59 bits per heavy atom. The number of nitrogens with zero attached hydrogens (tertiary/aromatic N) is 1. The summed E-state index contributed by atoms with van der Waals surface area (Å²) in [7, 11) is 0. The Hall–Kier alpha value is -3.48. The molecular formula is C22H20FN3O3. The number of aromatic nitrogens is 3. The maximum Gasteiger partial charge on any atom is 0.438 e. The molecule has 2 aromatic carbocycles. The Balaban J connectivity index is 1.70. The Kier molecular flexibility index (Phi) is 4.88. The number of nitrogens with one attached hydrogen (secondary N) is 2. The highest BCUT2D eigenvalue weighted by atomic mass is 19.1. The Morgan fingerprint density at radius 1 is 1.07 bits per heavy atom. The molecule has 6 nitrogen and oxygen atoms in total. The van der Waals surface area contributed by atoms with Crippen molar-refractivity contribution in [2.75, 3.05) is 0 Å². The molecule has 0 amide bonds. The lowest BCUT2D eigenvalue weighted by Gasteiger charge is -2.19. The van der Waals surface area contributed by atoms with Gasteiger partial charge in [0.2, 0.25) is 0 Å². The van der Waals surface area contributed by atoms with E-state index in [0.717, 1.165) is 10.9 Å². The van der Waals surface area contributed by atoms with E-state index in [9.17, 15) is 14.0 Å². The third-order valence-electron chi connectivity index (χ3n) is 5.18. The van der Waals surface area contributed by atoms with Gasteiger partial charge in [-0.3, -0.25) is 14.3 Å². The number of hydrogen-bond acceptors (Lipinski definition) is 4. The molecule has 0 bridgehead atoms. The Labute approximate surface area is 165 Å². The molecule has 29 heavy (non-hydrogen) atoms. The van der Waals surface area contributed by atoms with Gasteiger partial charge in [0.15, 0.2) is 5.82 Å². The van der Waals surface area contributed by atoms with E-state index in [-0.39, 0.29) is 23.2 Å². The van der Waals surface area contributed by atoms with Gasteiger partial charge in [0.1, 0.15) is 5.82 Å². The topological polar surface area (TPSA) is 91.8 Å². The smallest absolute Gasteiger partial charge is 0.322 e. The largest absolute Gasteiger partial charge is 0.438 e. The average molecular weight is 393 g/mol. The summed E-state index contributed by atoms with van der Waals surface area (Å²) in [6.07, 6.45) is 0.382. The summed E-state index contributed by atoms with van der Waals surface area (Å²) in [6.45, 7) is 4.00. The molecule has 4 aromatic rings. The first kappa shape index (κ1) is 18.9. The molecule has 0 aliphatic heterocycles. The summed E-state index contributed by atoms with van der Waals surface area (Å²) in [5.41, 5.74) is 1.72. The molecule has 148 valence electrons. The van der Waals surface area contributed by atoms with E-state index >= 15 is 0 Å². The lowest BCUT2D eigenvalue weighted by molar-refractivity contribution is 0.376. The van der Waals surface area contributed by atoms with Crippen molar-refractivity contribution in [3.63, 3.8) is 0 Å². The van der Waals surface area contributed by atoms with Crippen LogP contribution in [0.1, 0.15) is 31.2 Å². The Bertz CT molecular complexity index is 1290. The molecule has 0 radical (unpaired) electrons. The predicted molar refractivity (Wildman–Crippen MR) is 108 cm³/mol. The summed E-state index contributed by atoms with van der Waals surface area (Å²) in [5.74, 6) is -0.526. The maximum absolute atomic E-state index is 14.1. The van der Waals surface area contributed by atoms with E-state index in [1.807, 2.05) is 38.1 Å². The summed E-state index contributed by atoms with van der Waals surface area (Å²) in [5, 5.41) is 5.01. The maximum atomic E-state index is 14.1. The van der Waals surface area contributed by atoms with E-state index in [1.165, 1.54) is 6.07 Å². The number of fused-ring (bicyclic) bond motifs is 1. The highest BCUT2D eigenvalue weighted by Crippen LogP contribution is 2.28. The van der Waals surface area contributed by atoms with Crippen molar-refractivity contribution in [1.29, 1.82) is 0 Å². The fraction of sp³-hybridized carbons (Fsp3) is 0.227. The van der Waals surface area contributed by atoms with Gasteiger partial charge < -0.3 is 4.98 Å². The van der Waals surface area contributed by atoms with Crippen LogP contribution in [-0.2, 0) is 6.42 Å². The number of pyridine rings is 1. The van der Waals surface area contributed by atoms with Crippen LogP contribution < -0.4 is 11.3 Å². The monoisotopic (exact) mass is 393 g/mol. The second kappa shape index (κ2) is 7.50. The molecule has 0 aliphatic carbocycles. The van der Waals surface area contributed by atoms with E-state index < -0.39 is 5.76 Å². The molecular weight excluding hydrogens is 373 g/mol. The second-order valence-corrected chi connectivity index (χ2v) is 7.43. The van der Waals surface area contributed by atoms with Crippen LogP contribution in [0.4, 0.5) is 4.39 Å². The van der Waals surface area contributed by atoms with Crippen LogP contribution in [0.15, 0.2) is 62.6 Å².